The summed E-state index contributed by atoms with van der Waals surface area (Å²) in [5.41, 5.74) is 2.06. The summed E-state index contributed by atoms with van der Waals surface area (Å²) < 4.78 is 38.4. The average Bonchev–Trinajstić information content (AvgIpc) is 3.32. The summed E-state index contributed by atoms with van der Waals surface area (Å²) in [6, 6.07) is 18.6. The maximum absolute atomic E-state index is 13.4. The molecule has 1 aliphatic heterocycles. The highest BCUT2D eigenvalue weighted by atomic mass is 32.2. The van der Waals surface area contributed by atoms with E-state index in [4.69, 9.17) is 9.47 Å². The third-order valence-corrected chi connectivity index (χ3v) is 8.05. The first-order valence-corrected chi connectivity index (χ1v) is 13.4. The van der Waals surface area contributed by atoms with Gasteiger partial charge in [0, 0.05) is 17.1 Å². The van der Waals surface area contributed by atoms with Gasteiger partial charge in [0.25, 0.3) is 15.9 Å². The molecule has 3 aromatic rings. The van der Waals surface area contributed by atoms with E-state index in [0.717, 1.165) is 10.5 Å². The lowest BCUT2D eigenvalue weighted by molar-refractivity contribution is -0.119. The molecule has 0 aromatic heterocycles. The second-order valence-corrected chi connectivity index (χ2v) is 10.4. The molecule has 0 bridgehead atoms. The van der Waals surface area contributed by atoms with Crippen LogP contribution in [-0.4, -0.2) is 46.8 Å². The minimum Gasteiger partial charge on any atom is -0.496 e. The molecule has 0 atom stereocenters. The Hall–Kier alpha value is -3.50. The van der Waals surface area contributed by atoms with Crippen molar-refractivity contribution in [2.75, 3.05) is 36.1 Å². The van der Waals surface area contributed by atoms with E-state index < -0.39 is 28.5 Å². The van der Waals surface area contributed by atoms with Gasteiger partial charge < -0.3 is 14.8 Å². The van der Waals surface area contributed by atoms with Crippen LogP contribution in [0, 0.1) is 0 Å². The standard InChI is InChI=1S/C25H24N2O6S2/c1-32-23-11-10-20(35(30,31)27-13-12-17-6-3-4-9-22(17)27)15-21(23)25(29)33-16-24(28)26-18-7-5-8-19(14-18)34-2/h3-11,14-15H,12-13,16H2,1-2H3,(H,26,28). The van der Waals surface area contributed by atoms with Crippen molar-refractivity contribution in [3.63, 3.8) is 0 Å². The number of rotatable bonds is 8. The third-order valence-electron chi connectivity index (χ3n) is 5.51. The van der Waals surface area contributed by atoms with Crippen LogP contribution in [0.2, 0.25) is 0 Å². The summed E-state index contributed by atoms with van der Waals surface area (Å²) in [6.45, 7) is -0.229. The molecule has 1 N–H and O–H groups in total. The number of methoxy groups -OCH3 is 1. The molecule has 3 aromatic carbocycles. The van der Waals surface area contributed by atoms with Gasteiger partial charge in [-0.05, 0) is 60.7 Å². The normalized spacial score (nSPS) is 12.7. The number of nitrogens with one attached hydrogen (secondary N) is 1. The molecule has 1 amide bonds. The zero-order valence-corrected chi connectivity index (χ0v) is 20.8. The summed E-state index contributed by atoms with van der Waals surface area (Å²) in [5, 5.41) is 2.67. The Balaban J connectivity index is 1.50. The number of hydrogen-bond acceptors (Lipinski definition) is 7. The van der Waals surface area contributed by atoms with E-state index in [9.17, 15) is 18.0 Å². The number of hydrogen-bond donors (Lipinski definition) is 1. The van der Waals surface area contributed by atoms with Gasteiger partial charge >= 0.3 is 5.97 Å². The van der Waals surface area contributed by atoms with Crippen LogP contribution in [-0.2, 0) is 26.0 Å². The Bertz CT molecular complexity index is 1370. The number of benzene rings is 3. The van der Waals surface area contributed by atoms with E-state index >= 15 is 0 Å². The van der Waals surface area contributed by atoms with E-state index in [1.165, 1.54) is 41.4 Å². The zero-order chi connectivity index (χ0) is 25.0. The first-order valence-electron chi connectivity index (χ1n) is 10.7. The van der Waals surface area contributed by atoms with Gasteiger partial charge in [-0.15, -0.1) is 11.8 Å². The Morgan fingerprint density at radius 1 is 1.06 bits per heavy atom. The lowest BCUT2D eigenvalue weighted by Gasteiger charge is -2.20. The molecule has 0 spiro atoms. The van der Waals surface area contributed by atoms with Crippen LogP contribution in [0.3, 0.4) is 0 Å². The highest BCUT2D eigenvalue weighted by Crippen LogP contribution is 2.34. The van der Waals surface area contributed by atoms with Crippen LogP contribution in [0.15, 0.2) is 76.5 Å². The van der Waals surface area contributed by atoms with Crippen molar-refractivity contribution in [1.82, 2.24) is 0 Å². The summed E-state index contributed by atoms with van der Waals surface area (Å²) in [4.78, 5) is 26.0. The minimum atomic E-state index is -3.92. The number of esters is 1. The molecule has 4 rings (SSSR count). The van der Waals surface area contributed by atoms with Crippen LogP contribution < -0.4 is 14.4 Å². The highest BCUT2D eigenvalue weighted by molar-refractivity contribution is 7.98. The van der Waals surface area contributed by atoms with E-state index in [1.54, 1.807) is 24.3 Å². The molecule has 182 valence electrons. The van der Waals surface area contributed by atoms with Crippen molar-refractivity contribution in [2.24, 2.45) is 0 Å². The molecule has 0 unspecified atom stereocenters. The predicted octanol–water partition coefficient (Wildman–Crippen LogP) is 3.96. The number of carbonyl (C=O) groups is 2. The summed E-state index contributed by atoms with van der Waals surface area (Å²) in [5.74, 6) is -1.24. The third kappa shape index (κ3) is 5.28. The fourth-order valence-electron chi connectivity index (χ4n) is 3.80. The van der Waals surface area contributed by atoms with Crippen molar-refractivity contribution < 1.29 is 27.5 Å². The van der Waals surface area contributed by atoms with Crippen molar-refractivity contribution in [3.05, 3.63) is 77.9 Å². The number of nitrogens with zero attached hydrogens (tertiary/aromatic N) is 1. The molecule has 1 aliphatic rings. The van der Waals surface area contributed by atoms with Gasteiger partial charge in [-0.2, -0.15) is 0 Å². The predicted molar refractivity (Wildman–Crippen MR) is 135 cm³/mol. The first-order chi connectivity index (χ1) is 16.8. The number of fused-ring (bicyclic) bond motifs is 1. The van der Waals surface area contributed by atoms with Crippen molar-refractivity contribution in [2.45, 2.75) is 16.2 Å². The summed E-state index contributed by atoms with van der Waals surface area (Å²) >= 11 is 1.54. The zero-order valence-electron chi connectivity index (χ0n) is 19.2. The van der Waals surface area contributed by atoms with Gasteiger partial charge in [-0.25, -0.2) is 13.2 Å². The van der Waals surface area contributed by atoms with Crippen LogP contribution in [0.25, 0.3) is 0 Å². The maximum Gasteiger partial charge on any atom is 0.342 e. The van der Waals surface area contributed by atoms with Crippen LogP contribution >= 0.6 is 11.8 Å². The molecule has 35 heavy (non-hydrogen) atoms. The van der Waals surface area contributed by atoms with Gasteiger partial charge in [0.1, 0.15) is 11.3 Å². The van der Waals surface area contributed by atoms with Gasteiger partial charge in [0.2, 0.25) is 0 Å². The maximum atomic E-state index is 13.4. The van der Waals surface area contributed by atoms with Crippen LogP contribution in [0.4, 0.5) is 11.4 Å². The number of thioether (sulfide) groups is 1. The average molecular weight is 513 g/mol. The monoisotopic (exact) mass is 512 g/mol. The number of ether oxygens (including phenoxy) is 2. The van der Waals surface area contributed by atoms with Crippen LogP contribution in [0.5, 0.6) is 5.75 Å². The van der Waals surface area contributed by atoms with Gasteiger partial charge in [0.15, 0.2) is 6.61 Å². The fourth-order valence-corrected chi connectivity index (χ4v) is 5.79. The molecule has 10 heteroatoms. The quantitative estimate of drug-likeness (QED) is 0.360. The summed E-state index contributed by atoms with van der Waals surface area (Å²) in [6.07, 6.45) is 2.53. The minimum absolute atomic E-state index is 0.0692. The largest absolute Gasteiger partial charge is 0.496 e. The number of anilines is 2. The topological polar surface area (TPSA) is 102 Å². The Morgan fingerprint density at radius 2 is 1.86 bits per heavy atom. The van der Waals surface area contributed by atoms with Crippen molar-refractivity contribution in [1.29, 1.82) is 0 Å². The SMILES string of the molecule is COc1ccc(S(=O)(=O)N2CCc3ccccc32)cc1C(=O)OCC(=O)Nc1cccc(SC)c1. The molecule has 0 radical (unpaired) electrons. The first kappa shape index (κ1) is 24.6. The van der Waals surface area contributed by atoms with E-state index in [-0.39, 0.29) is 16.2 Å². The van der Waals surface area contributed by atoms with E-state index in [1.807, 2.05) is 30.5 Å². The van der Waals surface area contributed by atoms with Gasteiger partial charge in [0.05, 0.1) is 17.7 Å². The molecule has 0 saturated heterocycles. The second kappa shape index (κ2) is 10.4. The molecule has 0 saturated carbocycles. The molecule has 8 nitrogen and oxygen atoms in total. The van der Waals surface area contributed by atoms with Gasteiger partial charge in [-0.1, -0.05) is 24.3 Å². The number of para-hydroxylation sites is 1. The van der Waals surface area contributed by atoms with Gasteiger partial charge in [-0.3, -0.25) is 9.10 Å². The lowest BCUT2D eigenvalue weighted by Crippen LogP contribution is -2.29. The number of carbonyl (C=O) groups excluding carboxylic acids is 2. The van der Waals surface area contributed by atoms with E-state index in [2.05, 4.69) is 5.32 Å². The summed E-state index contributed by atoms with van der Waals surface area (Å²) in [7, 11) is -2.56. The highest BCUT2D eigenvalue weighted by Gasteiger charge is 2.32. The number of amides is 1. The molecule has 0 fully saturated rings. The van der Waals surface area contributed by atoms with Crippen LogP contribution in [0.1, 0.15) is 15.9 Å². The molecular weight excluding hydrogens is 488 g/mol. The van der Waals surface area contributed by atoms with E-state index in [0.29, 0.717) is 24.3 Å². The molecular formula is C25H24N2O6S2. The second-order valence-electron chi connectivity index (χ2n) is 7.67. The smallest absolute Gasteiger partial charge is 0.342 e. The van der Waals surface area contributed by atoms with Crippen molar-refractivity contribution >= 4 is 45.0 Å². The molecule has 0 aliphatic carbocycles. The fraction of sp³-hybridized carbons (Fsp3) is 0.200. The Kier molecular flexibility index (Phi) is 7.32. The Morgan fingerprint density at radius 3 is 2.63 bits per heavy atom. The van der Waals surface area contributed by atoms with Crippen molar-refractivity contribution in [3.8, 4) is 5.75 Å². The number of sulfonamides is 1. The lowest BCUT2D eigenvalue weighted by atomic mass is 10.2. The Labute approximate surface area is 208 Å². The molecule has 1 heterocycles.